The summed E-state index contributed by atoms with van der Waals surface area (Å²) in [6, 6.07) is 19.2. The fourth-order valence-electron chi connectivity index (χ4n) is 3.16. The van der Waals surface area contributed by atoms with Gasteiger partial charge in [0.25, 0.3) is 0 Å². The van der Waals surface area contributed by atoms with E-state index in [1.54, 1.807) is 0 Å². The highest BCUT2D eigenvalue weighted by Gasteiger charge is 2.19. The maximum Gasteiger partial charge on any atom is 0.407 e. The molecule has 1 saturated heterocycles. The van der Waals surface area contributed by atoms with Crippen molar-refractivity contribution in [3.63, 3.8) is 0 Å². The van der Waals surface area contributed by atoms with Crippen LogP contribution in [0.15, 0.2) is 54.6 Å². The molecule has 0 radical (unpaired) electrons. The van der Waals surface area contributed by atoms with Gasteiger partial charge < -0.3 is 10.0 Å². The summed E-state index contributed by atoms with van der Waals surface area (Å²) in [6.07, 6.45) is 1.37. The molecule has 0 spiro atoms. The third kappa shape index (κ3) is 4.36. The molecule has 4 nitrogen and oxygen atoms in total. The summed E-state index contributed by atoms with van der Waals surface area (Å²) in [6.45, 7) is 3.98. The average Bonchev–Trinajstić information content (AvgIpc) is 2.63. The number of rotatable bonds is 5. The Labute approximate surface area is 143 Å². The second-order valence-corrected chi connectivity index (χ2v) is 6.28. The van der Waals surface area contributed by atoms with Gasteiger partial charge in [0.1, 0.15) is 0 Å². The van der Waals surface area contributed by atoms with Crippen LogP contribution in [0.25, 0.3) is 11.1 Å². The molecule has 1 fully saturated rings. The van der Waals surface area contributed by atoms with Gasteiger partial charge in [-0.3, -0.25) is 4.90 Å². The summed E-state index contributed by atoms with van der Waals surface area (Å²) in [5, 5.41) is 8.96. The van der Waals surface area contributed by atoms with Crippen molar-refractivity contribution < 1.29 is 9.90 Å². The Balaban J connectivity index is 1.44. The van der Waals surface area contributed by atoms with Gasteiger partial charge in [-0.15, -0.1) is 0 Å². The third-order valence-corrected chi connectivity index (χ3v) is 4.64. The number of amides is 1. The van der Waals surface area contributed by atoms with E-state index in [9.17, 15) is 4.79 Å². The van der Waals surface area contributed by atoms with Crippen LogP contribution < -0.4 is 0 Å². The Kier molecular flexibility index (Phi) is 5.49. The molecule has 1 N–H and O–H groups in total. The normalized spacial score (nSPS) is 15.4. The van der Waals surface area contributed by atoms with Crippen LogP contribution in [0.3, 0.4) is 0 Å². The van der Waals surface area contributed by atoms with E-state index in [1.807, 2.05) is 6.07 Å². The second kappa shape index (κ2) is 7.97. The molecule has 1 heterocycles. The van der Waals surface area contributed by atoms with Crippen molar-refractivity contribution in [2.24, 2.45) is 0 Å². The number of piperazine rings is 1. The standard InChI is InChI=1S/C20H24N2O2/c23-20(24)22-15-13-21(14-16-22)12-4-5-17-8-10-19(11-9-17)18-6-2-1-3-7-18/h1-3,6-11H,4-5,12-16H2,(H,23,24). The molecule has 2 aromatic carbocycles. The van der Waals surface area contributed by atoms with E-state index in [0.717, 1.165) is 32.5 Å². The zero-order chi connectivity index (χ0) is 16.8. The molecule has 126 valence electrons. The predicted molar refractivity (Wildman–Crippen MR) is 96.2 cm³/mol. The van der Waals surface area contributed by atoms with Crippen LogP contribution in [0, 0.1) is 0 Å². The van der Waals surface area contributed by atoms with E-state index in [2.05, 4.69) is 53.4 Å². The Bertz CT molecular complexity index is 647. The molecule has 0 unspecified atom stereocenters. The van der Waals surface area contributed by atoms with E-state index >= 15 is 0 Å². The van der Waals surface area contributed by atoms with Gasteiger partial charge in [0.2, 0.25) is 0 Å². The highest BCUT2D eigenvalue weighted by molar-refractivity contribution is 5.65. The van der Waals surface area contributed by atoms with Gasteiger partial charge >= 0.3 is 6.09 Å². The summed E-state index contributed by atoms with van der Waals surface area (Å²) < 4.78 is 0. The molecule has 24 heavy (non-hydrogen) atoms. The molecule has 0 aliphatic carbocycles. The fourth-order valence-corrected chi connectivity index (χ4v) is 3.16. The number of aryl methyl sites for hydroxylation is 1. The van der Waals surface area contributed by atoms with Gasteiger partial charge in [-0.05, 0) is 36.1 Å². The SMILES string of the molecule is O=C(O)N1CCN(CCCc2ccc(-c3ccccc3)cc2)CC1. The van der Waals surface area contributed by atoms with Gasteiger partial charge in [0.05, 0.1) is 0 Å². The van der Waals surface area contributed by atoms with Crippen LogP contribution in [0.1, 0.15) is 12.0 Å². The summed E-state index contributed by atoms with van der Waals surface area (Å²) in [4.78, 5) is 14.8. The topological polar surface area (TPSA) is 43.8 Å². The molecule has 2 aromatic rings. The highest BCUT2D eigenvalue weighted by atomic mass is 16.4. The van der Waals surface area contributed by atoms with Crippen molar-refractivity contribution in [3.05, 3.63) is 60.2 Å². The van der Waals surface area contributed by atoms with Crippen LogP contribution in [0.5, 0.6) is 0 Å². The van der Waals surface area contributed by atoms with E-state index in [0.29, 0.717) is 13.1 Å². The number of carbonyl (C=O) groups is 1. The van der Waals surface area contributed by atoms with E-state index in [-0.39, 0.29) is 0 Å². The Hall–Kier alpha value is -2.33. The van der Waals surface area contributed by atoms with Crippen molar-refractivity contribution in [2.45, 2.75) is 12.8 Å². The van der Waals surface area contributed by atoms with Crippen LogP contribution in [-0.2, 0) is 6.42 Å². The van der Waals surface area contributed by atoms with Gasteiger partial charge in [0.15, 0.2) is 0 Å². The van der Waals surface area contributed by atoms with Gasteiger partial charge in [-0.2, -0.15) is 0 Å². The number of hydrogen-bond acceptors (Lipinski definition) is 2. The summed E-state index contributed by atoms with van der Waals surface area (Å²) >= 11 is 0. The predicted octanol–water partition coefficient (Wildman–Crippen LogP) is 3.58. The average molecular weight is 324 g/mol. The largest absolute Gasteiger partial charge is 0.465 e. The highest BCUT2D eigenvalue weighted by Crippen LogP contribution is 2.19. The lowest BCUT2D eigenvalue weighted by atomic mass is 10.0. The molecule has 0 bridgehead atoms. The lowest BCUT2D eigenvalue weighted by Gasteiger charge is -2.33. The zero-order valence-corrected chi connectivity index (χ0v) is 13.9. The molecule has 3 rings (SSSR count). The zero-order valence-electron chi connectivity index (χ0n) is 13.9. The lowest BCUT2D eigenvalue weighted by Crippen LogP contribution is -2.48. The second-order valence-electron chi connectivity index (χ2n) is 6.28. The molecule has 1 aliphatic heterocycles. The summed E-state index contributed by atoms with van der Waals surface area (Å²) in [5.41, 5.74) is 3.86. The first-order valence-electron chi connectivity index (χ1n) is 8.57. The maximum atomic E-state index is 10.9. The minimum atomic E-state index is -0.798. The monoisotopic (exact) mass is 324 g/mol. The van der Waals surface area contributed by atoms with Crippen molar-refractivity contribution in [1.29, 1.82) is 0 Å². The first-order chi connectivity index (χ1) is 11.7. The molecule has 1 aliphatic rings. The van der Waals surface area contributed by atoms with Gasteiger partial charge in [-0.1, -0.05) is 54.6 Å². The van der Waals surface area contributed by atoms with E-state index < -0.39 is 6.09 Å². The summed E-state index contributed by atoms with van der Waals surface area (Å²) in [5.74, 6) is 0. The first-order valence-corrected chi connectivity index (χ1v) is 8.57. The number of carboxylic acid groups (broad SMARTS) is 1. The van der Waals surface area contributed by atoms with Gasteiger partial charge in [-0.25, -0.2) is 4.79 Å². The molecule has 0 saturated carbocycles. The number of hydrogen-bond donors (Lipinski definition) is 1. The molecule has 4 heteroatoms. The minimum absolute atomic E-state index is 0.626. The smallest absolute Gasteiger partial charge is 0.407 e. The summed E-state index contributed by atoms with van der Waals surface area (Å²) in [7, 11) is 0. The minimum Gasteiger partial charge on any atom is -0.465 e. The van der Waals surface area contributed by atoms with Crippen molar-refractivity contribution >= 4 is 6.09 Å². The van der Waals surface area contributed by atoms with Gasteiger partial charge in [0, 0.05) is 26.2 Å². The molecule has 0 atom stereocenters. The first kappa shape index (κ1) is 16.5. The molecular weight excluding hydrogens is 300 g/mol. The molecule has 1 amide bonds. The van der Waals surface area contributed by atoms with Crippen LogP contribution >= 0.6 is 0 Å². The molecular formula is C20H24N2O2. The third-order valence-electron chi connectivity index (χ3n) is 4.64. The Morgan fingerprint density at radius 3 is 2.12 bits per heavy atom. The van der Waals surface area contributed by atoms with Crippen LogP contribution in [-0.4, -0.2) is 53.7 Å². The quantitative estimate of drug-likeness (QED) is 0.914. The number of nitrogens with zero attached hydrogens (tertiary/aromatic N) is 2. The molecule has 0 aromatic heterocycles. The van der Waals surface area contributed by atoms with Crippen molar-refractivity contribution in [1.82, 2.24) is 9.80 Å². The fraction of sp³-hybridized carbons (Fsp3) is 0.350. The van der Waals surface area contributed by atoms with Crippen molar-refractivity contribution in [2.75, 3.05) is 32.7 Å². The Morgan fingerprint density at radius 2 is 1.50 bits per heavy atom. The van der Waals surface area contributed by atoms with E-state index in [1.165, 1.54) is 21.6 Å². The van der Waals surface area contributed by atoms with Crippen LogP contribution in [0.2, 0.25) is 0 Å². The maximum absolute atomic E-state index is 10.9. The van der Waals surface area contributed by atoms with E-state index in [4.69, 9.17) is 5.11 Å². The Morgan fingerprint density at radius 1 is 0.875 bits per heavy atom. The van der Waals surface area contributed by atoms with Crippen molar-refractivity contribution in [3.8, 4) is 11.1 Å². The van der Waals surface area contributed by atoms with Crippen LogP contribution in [0.4, 0.5) is 4.79 Å². The lowest BCUT2D eigenvalue weighted by molar-refractivity contribution is 0.105. The number of benzene rings is 2.